The van der Waals surface area contributed by atoms with E-state index in [-0.39, 0.29) is 5.97 Å². The lowest BCUT2D eigenvalue weighted by Crippen LogP contribution is -2.00. The summed E-state index contributed by atoms with van der Waals surface area (Å²) in [7, 11) is 0. The first-order chi connectivity index (χ1) is 9.16. The van der Waals surface area contributed by atoms with Gasteiger partial charge in [0.05, 0.1) is 6.61 Å². The number of alkyl halides is 1. The van der Waals surface area contributed by atoms with Crippen molar-refractivity contribution in [3.05, 3.63) is 0 Å². The molecule has 1 unspecified atom stereocenters. The monoisotopic (exact) mass is 290 g/mol. The van der Waals surface area contributed by atoms with Gasteiger partial charge in [0, 0.05) is 12.3 Å². The van der Waals surface area contributed by atoms with Crippen molar-refractivity contribution in [2.24, 2.45) is 0 Å². The molecule has 0 radical (unpaired) electrons. The normalized spacial score (nSPS) is 12.4. The molecule has 0 aliphatic carbocycles. The highest BCUT2D eigenvalue weighted by molar-refractivity contribution is 6.20. The number of esters is 1. The van der Waals surface area contributed by atoms with Crippen LogP contribution in [0.1, 0.15) is 84.5 Å². The van der Waals surface area contributed by atoms with E-state index in [0.717, 1.165) is 19.3 Å². The van der Waals surface area contributed by atoms with E-state index >= 15 is 0 Å². The number of rotatable bonds is 13. The molecule has 0 heterocycles. The maximum absolute atomic E-state index is 10.5. The molecule has 0 spiro atoms. The summed E-state index contributed by atoms with van der Waals surface area (Å²) in [5.74, 6) is -0.173. The van der Waals surface area contributed by atoms with Crippen LogP contribution in [0.25, 0.3) is 0 Å². The van der Waals surface area contributed by atoms with E-state index in [0.29, 0.717) is 12.0 Å². The summed E-state index contributed by atoms with van der Waals surface area (Å²) in [6, 6.07) is 0. The maximum Gasteiger partial charge on any atom is 0.302 e. The SMILES string of the molecule is CCCCCCC(Cl)CCCCCCCOC(C)=O. The van der Waals surface area contributed by atoms with Crippen LogP contribution in [0.15, 0.2) is 0 Å². The summed E-state index contributed by atoms with van der Waals surface area (Å²) in [6.45, 7) is 4.27. The Morgan fingerprint density at radius 3 is 2.05 bits per heavy atom. The summed E-state index contributed by atoms with van der Waals surface area (Å²) < 4.78 is 4.89. The first-order valence-corrected chi connectivity index (χ1v) is 8.38. The van der Waals surface area contributed by atoms with Gasteiger partial charge in [-0.3, -0.25) is 4.79 Å². The lowest BCUT2D eigenvalue weighted by Gasteiger charge is -2.09. The molecule has 19 heavy (non-hydrogen) atoms. The molecule has 0 aliphatic heterocycles. The van der Waals surface area contributed by atoms with Gasteiger partial charge in [0.1, 0.15) is 0 Å². The molecule has 0 aromatic rings. The van der Waals surface area contributed by atoms with Gasteiger partial charge in [-0.25, -0.2) is 0 Å². The van der Waals surface area contributed by atoms with Gasteiger partial charge in [0.2, 0.25) is 0 Å². The molecule has 0 rings (SSSR count). The van der Waals surface area contributed by atoms with E-state index in [4.69, 9.17) is 16.3 Å². The number of ether oxygens (including phenoxy) is 1. The third-order valence-electron chi connectivity index (χ3n) is 3.34. The van der Waals surface area contributed by atoms with Crippen LogP contribution in [0.5, 0.6) is 0 Å². The Bertz CT molecular complexity index is 207. The topological polar surface area (TPSA) is 26.3 Å². The first kappa shape index (κ1) is 18.8. The molecule has 0 N–H and O–H groups in total. The Morgan fingerprint density at radius 1 is 0.947 bits per heavy atom. The predicted octanol–water partition coefficient (Wildman–Crippen LogP) is 5.47. The molecule has 0 saturated heterocycles. The minimum absolute atomic E-state index is 0.173. The minimum Gasteiger partial charge on any atom is -0.466 e. The zero-order valence-electron chi connectivity index (χ0n) is 12.8. The molecule has 2 nitrogen and oxygen atoms in total. The summed E-state index contributed by atoms with van der Waals surface area (Å²) in [5.41, 5.74) is 0. The summed E-state index contributed by atoms with van der Waals surface area (Å²) >= 11 is 6.30. The number of carbonyl (C=O) groups is 1. The molecule has 0 aromatic heterocycles. The molecule has 0 aliphatic rings. The molecular formula is C16H31ClO2. The van der Waals surface area contributed by atoms with Crippen molar-refractivity contribution in [2.75, 3.05) is 6.61 Å². The largest absolute Gasteiger partial charge is 0.466 e. The van der Waals surface area contributed by atoms with Gasteiger partial charge in [-0.2, -0.15) is 0 Å². The van der Waals surface area contributed by atoms with Crippen molar-refractivity contribution in [1.29, 1.82) is 0 Å². The summed E-state index contributed by atoms with van der Waals surface area (Å²) in [5, 5.41) is 0.373. The van der Waals surface area contributed by atoms with Crippen molar-refractivity contribution in [1.82, 2.24) is 0 Å². The van der Waals surface area contributed by atoms with Gasteiger partial charge in [0.15, 0.2) is 0 Å². The smallest absolute Gasteiger partial charge is 0.302 e. The average Bonchev–Trinajstić information content (AvgIpc) is 2.37. The molecule has 3 heteroatoms. The van der Waals surface area contributed by atoms with E-state index in [1.54, 1.807) is 0 Å². The van der Waals surface area contributed by atoms with Gasteiger partial charge < -0.3 is 4.74 Å². The van der Waals surface area contributed by atoms with E-state index in [1.807, 2.05) is 0 Å². The van der Waals surface area contributed by atoms with Crippen LogP contribution < -0.4 is 0 Å². The van der Waals surface area contributed by atoms with Crippen molar-refractivity contribution in [3.8, 4) is 0 Å². The molecule has 114 valence electrons. The molecule has 0 aromatic carbocycles. The van der Waals surface area contributed by atoms with Crippen LogP contribution in [-0.2, 0) is 9.53 Å². The number of hydrogen-bond donors (Lipinski definition) is 0. The summed E-state index contributed by atoms with van der Waals surface area (Å²) in [4.78, 5) is 10.5. The van der Waals surface area contributed by atoms with Crippen molar-refractivity contribution in [2.45, 2.75) is 89.9 Å². The van der Waals surface area contributed by atoms with Gasteiger partial charge in [0.25, 0.3) is 0 Å². The molecular weight excluding hydrogens is 260 g/mol. The number of hydrogen-bond acceptors (Lipinski definition) is 2. The third-order valence-corrected chi connectivity index (χ3v) is 3.77. The molecule has 0 bridgehead atoms. The van der Waals surface area contributed by atoms with Gasteiger partial charge in [-0.1, -0.05) is 58.3 Å². The molecule has 1 atom stereocenters. The Hall–Kier alpha value is -0.240. The Balaban J connectivity index is 3.14. The van der Waals surface area contributed by atoms with Crippen LogP contribution in [0.4, 0.5) is 0 Å². The van der Waals surface area contributed by atoms with Gasteiger partial charge in [-0.15, -0.1) is 11.6 Å². The Kier molecular flexibility index (Phi) is 14.0. The van der Waals surface area contributed by atoms with Crippen LogP contribution in [0.3, 0.4) is 0 Å². The fourth-order valence-electron chi connectivity index (χ4n) is 2.15. The predicted molar refractivity (Wildman–Crippen MR) is 82.7 cm³/mol. The highest BCUT2D eigenvalue weighted by Gasteiger charge is 2.03. The second-order valence-corrected chi connectivity index (χ2v) is 5.96. The fourth-order valence-corrected chi connectivity index (χ4v) is 2.46. The number of unbranched alkanes of at least 4 members (excludes halogenated alkanes) is 7. The minimum atomic E-state index is -0.173. The molecule has 0 amide bonds. The van der Waals surface area contributed by atoms with Crippen molar-refractivity contribution >= 4 is 17.6 Å². The Labute approximate surface area is 124 Å². The highest BCUT2D eigenvalue weighted by atomic mass is 35.5. The van der Waals surface area contributed by atoms with E-state index in [2.05, 4.69) is 6.92 Å². The molecule has 0 saturated carbocycles. The standard InChI is InChI=1S/C16H31ClO2/c1-3-4-5-9-12-16(17)13-10-7-6-8-11-14-19-15(2)18/h16H,3-14H2,1-2H3. The van der Waals surface area contributed by atoms with E-state index < -0.39 is 0 Å². The van der Waals surface area contributed by atoms with Gasteiger partial charge >= 0.3 is 5.97 Å². The fraction of sp³-hybridized carbons (Fsp3) is 0.938. The van der Waals surface area contributed by atoms with Crippen LogP contribution in [0, 0.1) is 0 Å². The van der Waals surface area contributed by atoms with Crippen molar-refractivity contribution < 1.29 is 9.53 Å². The second kappa shape index (κ2) is 14.2. The van der Waals surface area contributed by atoms with Crippen LogP contribution in [-0.4, -0.2) is 18.0 Å². The Morgan fingerprint density at radius 2 is 1.47 bits per heavy atom. The summed E-state index contributed by atoms with van der Waals surface area (Å²) in [6.07, 6.45) is 13.4. The number of halogens is 1. The number of carbonyl (C=O) groups excluding carboxylic acids is 1. The van der Waals surface area contributed by atoms with Crippen LogP contribution >= 0.6 is 11.6 Å². The zero-order valence-corrected chi connectivity index (χ0v) is 13.5. The lowest BCUT2D eigenvalue weighted by atomic mass is 10.0. The zero-order chi connectivity index (χ0) is 14.3. The first-order valence-electron chi connectivity index (χ1n) is 7.94. The third kappa shape index (κ3) is 15.7. The molecule has 0 fully saturated rings. The lowest BCUT2D eigenvalue weighted by molar-refractivity contribution is -0.141. The quantitative estimate of drug-likeness (QED) is 0.255. The van der Waals surface area contributed by atoms with Crippen LogP contribution in [0.2, 0.25) is 0 Å². The van der Waals surface area contributed by atoms with Crippen molar-refractivity contribution in [3.63, 3.8) is 0 Å². The second-order valence-electron chi connectivity index (χ2n) is 5.34. The van der Waals surface area contributed by atoms with E-state index in [1.165, 1.54) is 58.3 Å². The van der Waals surface area contributed by atoms with Gasteiger partial charge in [-0.05, 0) is 19.3 Å². The van der Waals surface area contributed by atoms with E-state index in [9.17, 15) is 4.79 Å². The highest BCUT2D eigenvalue weighted by Crippen LogP contribution is 2.17. The maximum atomic E-state index is 10.5. The average molecular weight is 291 g/mol.